The summed E-state index contributed by atoms with van der Waals surface area (Å²) in [6.45, 7) is 2.23. The van der Waals surface area contributed by atoms with E-state index in [0.717, 1.165) is 11.1 Å². The Balaban J connectivity index is 1.97. The fourth-order valence-corrected chi connectivity index (χ4v) is 4.55. The summed E-state index contributed by atoms with van der Waals surface area (Å²) in [5, 5.41) is 10.3. The number of para-hydroxylation sites is 1. The first-order chi connectivity index (χ1) is 14.3. The minimum atomic E-state index is -0.943. The minimum Gasteiger partial charge on any atom is -0.481 e. The van der Waals surface area contributed by atoms with Crippen LogP contribution in [0.4, 0.5) is 0 Å². The number of aliphatic carboxylic acids is 1. The normalized spacial score (nSPS) is 10.5. The highest BCUT2D eigenvalue weighted by atomic mass is 79.9. The highest BCUT2D eigenvalue weighted by Crippen LogP contribution is 2.30. The van der Waals surface area contributed by atoms with Gasteiger partial charge in [0.05, 0.1) is 18.5 Å². The van der Waals surface area contributed by atoms with E-state index in [1.807, 2.05) is 49.4 Å². The molecular formula is C23H19Br2NO4. The molecule has 0 fully saturated rings. The third-order valence-corrected chi connectivity index (χ3v) is 5.68. The number of nitrogens with zero attached hydrogens (tertiary/aromatic N) is 1. The molecule has 3 aromatic carbocycles. The van der Waals surface area contributed by atoms with Crippen LogP contribution in [0.2, 0.25) is 0 Å². The molecule has 1 amide bonds. The average Bonchev–Trinajstić information content (AvgIpc) is 2.68. The number of rotatable bonds is 7. The molecule has 154 valence electrons. The van der Waals surface area contributed by atoms with Crippen molar-refractivity contribution in [3.05, 3.63) is 97.9 Å². The predicted molar refractivity (Wildman–Crippen MR) is 121 cm³/mol. The number of carboxylic acids is 1. The summed E-state index contributed by atoms with van der Waals surface area (Å²) in [4.78, 5) is 30.4. The number of hydrogen-bond donors (Lipinski definition) is 1. The van der Waals surface area contributed by atoms with Crippen molar-refractivity contribution in [3.63, 3.8) is 0 Å². The zero-order valence-electron chi connectivity index (χ0n) is 16.1. The molecule has 0 aliphatic carbocycles. The van der Waals surface area contributed by atoms with Crippen LogP contribution >= 0.6 is 31.9 Å². The Morgan fingerprint density at radius 2 is 1.57 bits per heavy atom. The lowest BCUT2D eigenvalue weighted by Crippen LogP contribution is -2.34. The lowest BCUT2D eigenvalue weighted by Gasteiger charge is -2.24. The molecule has 30 heavy (non-hydrogen) atoms. The van der Waals surface area contributed by atoms with Crippen molar-refractivity contribution in [2.45, 2.75) is 19.9 Å². The van der Waals surface area contributed by atoms with Gasteiger partial charge in [-0.2, -0.15) is 5.06 Å². The third kappa shape index (κ3) is 5.49. The van der Waals surface area contributed by atoms with Gasteiger partial charge >= 0.3 is 5.97 Å². The molecule has 0 aromatic heterocycles. The van der Waals surface area contributed by atoms with Gasteiger partial charge < -0.3 is 9.94 Å². The zero-order chi connectivity index (χ0) is 21.7. The largest absolute Gasteiger partial charge is 0.481 e. The van der Waals surface area contributed by atoms with Crippen molar-refractivity contribution in [2.24, 2.45) is 0 Å². The predicted octanol–water partition coefficient (Wildman–Crippen LogP) is 5.78. The van der Waals surface area contributed by atoms with Crippen molar-refractivity contribution in [1.29, 1.82) is 0 Å². The van der Waals surface area contributed by atoms with Gasteiger partial charge in [-0.3, -0.25) is 9.59 Å². The van der Waals surface area contributed by atoms with Crippen LogP contribution in [0.3, 0.4) is 0 Å². The van der Waals surface area contributed by atoms with E-state index >= 15 is 0 Å². The van der Waals surface area contributed by atoms with Crippen LogP contribution in [-0.4, -0.2) is 22.0 Å². The summed E-state index contributed by atoms with van der Waals surface area (Å²) in [6, 6.07) is 20.2. The fourth-order valence-electron chi connectivity index (χ4n) is 2.93. The summed E-state index contributed by atoms with van der Waals surface area (Å²) in [7, 11) is 0. The molecule has 0 atom stereocenters. The molecule has 0 aliphatic rings. The molecule has 7 heteroatoms. The Hall–Kier alpha value is -2.64. The zero-order valence-corrected chi connectivity index (χ0v) is 19.3. The van der Waals surface area contributed by atoms with Gasteiger partial charge in [-0.25, -0.2) is 0 Å². The molecule has 0 heterocycles. The summed E-state index contributed by atoms with van der Waals surface area (Å²) in [5.74, 6) is -0.765. The Kier molecular flexibility index (Phi) is 7.29. The second kappa shape index (κ2) is 9.91. The maximum absolute atomic E-state index is 13.5. The maximum atomic E-state index is 13.5. The van der Waals surface area contributed by atoms with E-state index in [0.29, 0.717) is 25.8 Å². The van der Waals surface area contributed by atoms with Gasteiger partial charge in [0.25, 0.3) is 5.91 Å². The van der Waals surface area contributed by atoms with Gasteiger partial charge in [-0.1, -0.05) is 42.5 Å². The van der Waals surface area contributed by atoms with E-state index in [4.69, 9.17) is 9.94 Å². The van der Waals surface area contributed by atoms with E-state index in [-0.39, 0.29) is 18.9 Å². The van der Waals surface area contributed by atoms with E-state index in [2.05, 4.69) is 31.9 Å². The van der Waals surface area contributed by atoms with Crippen molar-refractivity contribution in [3.8, 4) is 5.75 Å². The maximum Gasteiger partial charge on any atom is 0.307 e. The molecule has 0 saturated heterocycles. The number of carbonyl (C=O) groups is 2. The number of carbonyl (C=O) groups excluding carboxylic acids is 1. The molecule has 0 unspecified atom stereocenters. The molecule has 0 radical (unpaired) electrons. The van der Waals surface area contributed by atoms with Crippen LogP contribution in [0.5, 0.6) is 5.75 Å². The first-order valence-corrected chi connectivity index (χ1v) is 10.7. The number of halogens is 2. The van der Waals surface area contributed by atoms with E-state index < -0.39 is 5.97 Å². The number of amides is 1. The van der Waals surface area contributed by atoms with Crippen LogP contribution in [0.15, 0.2) is 75.7 Å². The molecule has 0 spiro atoms. The summed E-state index contributed by atoms with van der Waals surface area (Å²) in [5.41, 5.74) is 2.93. The van der Waals surface area contributed by atoms with Gasteiger partial charge in [-0.05, 0) is 79.7 Å². The number of benzene rings is 3. The Bertz CT molecular complexity index is 1050. The number of carboxylic acid groups (broad SMARTS) is 1. The van der Waals surface area contributed by atoms with Crippen molar-refractivity contribution in [1.82, 2.24) is 5.06 Å². The lowest BCUT2D eigenvalue weighted by molar-refractivity contribution is -0.136. The first-order valence-electron chi connectivity index (χ1n) is 9.14. The molecule has 0 aliphatic heterocycles. The Labute approximate surface area is 191 Å². The molecule has 0 saturated carbocycles. The van der Waals surface area contributed by atoms with Crippen LogP contribution in [0.25, 0.3) is 0 Å². The highest BCUT2D eigenvalue weighted by molar-refractivity contribution is 9.11. The Morgan fingerprint density at radius 1 is 0.967 bits per heavy atom. The van der Waals surface area contributed by atoms with Gasteiger partial charge in [0, 0.05) is 8.95 Å². The second-order valence-electron chi connectivity index (χ2n) is 6.68. The second-order valence-corrected chi connectivity index (χ2v) is 8.39. The summed E-state index contributed by atoms with van der Waals surface area (Å²) in [6.07, 6.45) is -0.140. The number of hydroxylamine groups is 2. The third-order valence-electron chi connectivity index (χ3n) is 4.43. The van der Waals surface area contributed by atoms with E-state index in [1.165, 1.54) is 5.06 Å². The van der Waals surface area contributed by atoms with Gasteiger partial charge in [0.2, 0.25) is 0 Å². The SMILES string of the molecule is Cc1ccccc1CN(Oc1ccccc1)C(=O)c1c(Br)cc(CC(=O)O)cc1Br. The van der Waals surface area contributed by atoms with Crippen LogP contribution in [0.1, 0.15) is 27.0 Å². The molecule has 0 bridgehead atoms. The van der Waals surface area contributed by atoms with E-state index in [9.17, 15) is 9.59 Å². The number of hydrogen-bond acceptors (Lipinski definition) is 3. The monoisotopic (exact) mass is 531 g/mol. The number of aryl methyl sites for hydroxylation is 1. The highest BCUT2D eigenvalue weighted by Gasteiger charge is 2.24. The van der Waals surface area contributed by atoms with Crippen molar-refractivity contribution >= 4 is 43.7 Å². The molecule has 3 rings (SSSR count). The van der Waals surface area contributed by atoms with Crippen molar-refractivity contribution < 1.29 is 19.5 Å². The standard InChI is InChI=1S/C23H19Br2NO4/c1-15-7-5-6-8-17(15)14-26(30-18-9-3-2-4-10-18)23(29)22-19(24)11-16(12-20(22)25)13-21(27)28/h2-12H,13-14H2,1H3,(H,27,28). The van der Waals surface area contributed by atoms with Gasteiger partial charge in [0.15, 0.2) is 5.75 Å². The quantitative estimate of drug-likeness (QED) is 0.391. The lowest BCUT2D eigenvalue weighted by atomic mass is 10.1. The van der Waals surface area contributed by atoms with E-state index in [1.54, 1.807) is 24.3 Å². The van der Waals surface area contributed by atoms with Gasteiger partial charge in [0.1, 0.15) is 0 Å². The fraction of sp³-hybridized carbons (Fsp3) is 0.130. The topological polar surface area (TPSA) is 66.8 Å². The summed E-state index contributed by atoms with van der Waals surface area (Å²) < 4.78 is 0.981. The van der Waals surface area contributed by atoms with Crippen LogP contribution in [-0.2, 0) is 17.8 Å². The first kappa shape index (κ1) is 22.1. The van der Waals surface area contributed by atoms with Crippen LogP contribution in [0, 0.1) is 6.92 Å². The molecule has 3 aromatic rings. The minimum absolute atomic E-state index is 0.140. The molecular weight excluding hydrogens is 514 g/mol. The average molecular weight is 533 g/mol. The Morgan fingerprint density at radius 3 is 2.17 bits per heavy atom. The summed E-state index contributed by atoms with van der Waals surface area (Å²) >= 11 is 6.83. The molecule has 1 N–H and O–H groups in total. The van der Waals surface area contributed by atoms with Crippen LogP contribution < -0.4 is 4.84 Å². The smallest absolute Gasteiger partial charge is 0.307 e. The van der Waals surface area contributed by atoms with Crippen molar-refractivity contribution in [2.75, 3.05) is 0 Å². The molecule has 5 nitrogen and oxygen atoms in total. The van der Waals surface area contributed by atoms with Gasteiger partial charge in [-0.15, -0.1) is 0 Å².